The Balaban J connectivity index is 0.000000127. The number of piperidine rings is 5. The fourth-order valence-corrected chi connectivity index (χ4v) is 17.9. The lowest BCUT2D eigenvalue weighted by Crippen LogP contribution is -2.69. The van der Waals surface area contributed by atoms with Crippen molar-refractivity contribution in [2.24, 2.45) is 45.8 Å². The Morgan fingerprint density at radius 2 is 0.759 bits per heavy atom. The smallest absolute Gasteiger partial charge is 0.0569 e. The highest BCUT2D eigenvalue weighted by molar-refractivity contribution is 5.06. The Hall–Kier alpha value is -0.400. The molecule has 484 valence electrons. The van der Waals surface area contributed by atoms with E-state index in [1.54, 1.807) is 12.8 Å². The molecular weight excluding hydrogens is 1020 g/mol. The summed E-state index contributed by atoms with van der Waals surface area (Å²) >= 11 is 0. The number of hydrogen-bond donors (Lipinski definition) is 1. The summed E-state index contributed by atoms with van der Waals surface area (Å²) in [5.41, 5.74) is 4.67. The van der Waals surface area contributed by atoms with Gasteiger partial charge in [0.1, 0.15) is 0 Å². The van der Waals surface area contributed by atoms with E-state index in [2.05, 4.69) is 185 Å². The fourth-order valence-electron chi connectivity index (χ4n) is 17.9. The maximum Gasteiger partial charge on any atom is 0.0569 e. The largest absolute Gasteiger partial charge is 0.380 e. The molecule has 15 fully saturated rings. The van der Waals surface area contributed by atoms with E-state index in [1.807, 2.05) is 0 Å². The van der Waals surface area contributed by atoms with Crippen LogP contribution in [-0.2, 0) is 9.47 Å². The molecule has 0 aromatic carbocycles. The average molecular weight is 1160 g/mol. The van der Waals surface area contributed by atoms with Gasteiger partial charge < -0.3 is 14.8 Å². The average Bonchev–Trinajstić information content (AvgIpc) is 3.47. The lowest BCUT2D eigenvalue weighted by molar-refractivity contribution is -0.207. The summed E-state index contributed by atoms with van der Waals surface area (Å²) in [6.07, 6.45) is 24.9. The molecule has 0 radical (unpaired) electrons. The van der Waals surface area contributed by atoms with Crippen LogP contribution in [-0.4, -0.2) is 203 Å². The molecule has 0 aromatic rings. The quantitative estimate of drug-likeness (QED) is 0.254. The Labute approximate surface area is 515 Å². The number of fused-ring (bicyclic) bond motifs is 7. The molecule has 6 unspecified atom stereocenters. The fraction of sp³-hybridized carbons (Fsp3) is 1.00. The van der Waals surface area contributed by atoms with Crippen LogP contribution in [0.4, 0.5) is 0 Å². The predicted molar refractivity (Wildman–Crippen MR) is 354 cm³/mol. The summed E-state index contributed by atoms with van der Waals surface area (Å²) in [7, 11) is 0. The van der Waals surface area contributed by atoms with Gasteiger partial charge in [-0.1, -0.05) is 6.42 Å². The maximum absolute atomic E-state index is 5.32. The topological polar surface area (TPSA) is 53.2 Å². The first-order valence-electron chi connectivity index (χ1n) is 35.5. The van der Waals surface area contributed by atoms with Crippen LogP contribution >= 0.6 is 0 Å². The first-order valence-corrected chi connectivity index (χ1v) is 35.5. The number of likely N-dealkylation sites (tertiary alicyclic amines) is 5. The minimum Gasteiger partial charge on any atom is -0.380 e. The van der Waals surface area contributed by atoms with Crippen molar-refractivity contribution >= 4 is 0 Å². The molecular formula is C73H140N8O2. The SMILES string of the molecule is CC(C)(C)N1CC2(CCC2)C1.CC(C)(C)N1CC2(COC2)C1.CC(C)(C)N1CC2CC3CC2CC1C3.CC(C)(C)N1CC2CCC1C2.CC(C)(C)N1CC2CCC1CC2.CC(C)(C)N1CCC2(CC1)COC2.CC(C)(C)N1CCCNCC1. The van der Waals surface area contributed by atoms with Gasteiger partial charge in [-0.25, -0.2) is 0 Å². The molecule has 0 aromatic heterocycles. The molecule has 1 N–H and O–H groups in total. The summed E-state index contributed by atoms with van der Waals surface area (Å²) in [5, 5.41) is 3.41. The standard InChI is InChI=1S/C13H23N.C11H21NO.C11H21N.2C10H19N.C9H20N2.C9H17NO/c1-13(2,3)14-8-11-5-9-4-10(11)7-12(14)6-9;1-10(2,3)12-6-4-11(5-7-12)8-13-9-11;1-11(2,3)12-8-9-4-6-10(12)7-5-9;1-10(2,3)11-7-8-4-5-9(11)6-8;1-9(2,3)11-7-10(8-11)5-4-6-10;1-9(2,3)11-7-4-5-10-6-8-11;1-8(2,3)10-4-9(5-10)6-11-7-9/h9-12H,4-8H2,1-3H3;4-9H2,1-3H3;9-10H,4-8H2,1-3H3;8-9H,4-7H2,1-3H3;4-8H2,1-3H3;10H,4-8H2,1-3H3;4-7H2,1-3H3. The monoisotopic (exact) mass is 1160 g/mol. The number of nitrogens with zero attached hydrogens (tertiary/aromatic N) is 7. The van der Waals surface area contributed by atoms with Crippen LogP contribution in [0.15, 0.2) is 0 Å². The van der Waals surface area contributed by atoms with Crippen molar-refractivity contribution < 1.29 is 9.47 Å². The molecule has 10 heteroatoms. The zero-order valence-corrected chi connectivity index (χ0v) is 59.1. The van der Waals surface area contributed by atoms with E-state index in [1.165, 1.54) is 175 Å². The molecule has 3 spiro atoms. The van der Waals surface area contributed by atoms with E-state index in [0.29, 0.717) is 49.6 Å². The van der Waals surface area contributed by atoms with Crippen LogP contribution in [0.3, 0.4) is 0 Å². The first-order chi connectivity index (χ1) is 38.3. The summed E-state index contributed by atoms with van der Waals surface area (Å²) in [5.74, 6) is 5.32. The molecule has 6 atom stereocenters. The molecule has 15 aliphatic rings. The lowest BCUT2D eigenvalue weighted by atomic mass is 9.62. The van der Waals surface area contributed by atoms with Crippen molar-refractivity contribution in [3.63, 3.8) is 0 Å². The van der Waals surface area contributed by atoms with Crippen LogP contribution in [0.5, 0.6) is 0 Å². The molecule has 5 saturated carbocycles. The molecule has 5 aliphatic carbocycles. The zero-order valence-electron chi connectivity index (χ0n) is 59.1. The first kappa shape index (κ1) is 68.5. The van der Waals surface area contributed by atoms with E-state index < -0.39 is 0 Å². The lowest BCUT2D eigenvalue weighted by Gasteiger charge is -2.60. The summed E-state index contributed by atoms with van der Waals surface area (Å²) in [6, 6.07) is 2.77. The maximum atomic E-state index is 5.32. The third kappa shape index (κ3) is 18.0. The molecule has 0 amide bonds. The van der Waals surface area contributed by atoms with Crippen molar-refractivity contribution in [1.82, 2.24) is 39.6 Å². The van der Waals surface area contributed by atoms with Crippen LogP contribution in [0.1, 0.15) is 255 Å². The van der Waals surface area contributed by atoms with Crippen LogP contribution in [0.25, 0.3) is 0 Å². The minimum atomic E-state index is 0.353. The Kier molecular flexibility index (Phi) is 21.8. The van der Waals surface area contributed by atoms with Crippen LogP contribution in [0, 0.1) is 45.8 Å². The van der Waals surface area contributed by atoms with Gasteiger partial charge in [-0.05, 0) is 309 Å². The van der Waals surface area contributed by atoms with E-state index >= 15 is 0 Å². The second kappa shape index (κ2) is 26.4. The molecule has 7 bridgehead atoms. The minimum absolute atomic E-state index is 0.353. The second-order valence-electron chi connectivity index (χ2n) is 37.8. The van der Waals surface area contributed by atoms with Gasteiger partial charge in [0.15, 0.2) is 0 Å². The van der Waals surface area contributed by atoms with Crippen molar-refractivity contribution in [3.05, 3.63) is 0 Å². The molecule has 15 rings (SSSR count). The van der Waals surface area contributed by atoms with Gasteiger partial charge in [-0.15, -0.1) is 0 Å². The summed E-state index contributed by atoms with van der Waals surface area (Å²) in [4.78, 5) is 18.5. The van der Waals surface area contributed by atoms with E-state index in [9.17, 15) is 0 Å². The van der Waals surface area contributed by atoms with Gasteiger partial charge in [-0.3, -0.25) is 34.3 Å². The molecule has 10 nitrogen and oxygen atoms in total. The van der Waals surface area contributed by atoms with Crippen LogP contribution in [0.2, 0.25) is 0 Å². The van der Waals surface area contributed by atoms with Gasteiger partial charge in [-0.2, -0.15) is 0 Å². The third-order valence-corrected chi connectivity index (χ3v) is 23.8. The third-order valence-electron chi connectivity index (χ3n) is 23.8. The summed E-state index contributed by atoms with van der Waals surface area (Å²) < 4.78 is 10.5. The van der Waals surface area contributed by atoms with E-state index in [0.717, 1.165) is 86.1 Å². The normalized spacial score (nSPS) is 33.9. The highest BCUT2D eigenvalue weighted by Gasteiger charge is 2.53. The molecule has 10 saturated heterocycles. The van der Waals surface area contributed by atoms with Gasteiger partial charge >= 0.3 is 0 Å². The number of hydrogen-bond acceptors (Lipinski definition) is 10. The van der Waals surface area contributed by atoms with Gasteiger partial charge in [0, 0.05) is 127 Å². The Morgan fingerprint density at radius 1 is 0.325 bits per heavy atom. The number of nitrogens with one attached hydrogen (secondary N) is 1. The molecule has 10 aliphatic heterocycles. The Morgan fingerprint density at radius 3 is 1.14 bits per heavy atom. The van der Waals surface area contributed by atoms with Gasteiger partial charge in [0.25, 0.3) is 0 Å². The molecule has 10 heterocycles. The highest BCUT2D eigenvalue weighted by atomic mass is 16.5. The number of rotatable bonds is 0. The van der Waals surface area contributed by atoms with Crippen molar-refractivity contribution in [2.45, 2.75) is 311 Å². The van der Waals surface area contributed by atoms with Crippen molar-refractivity contribution in [2.75, 3.05) is 112 Å². The van der Waals surface area contributed by atoms with Crippen molar-refractivity contribution in [3.8, 4) is 0 Å². The molecule has 83 heavy (non-hydrogen) atoms. The summed E-state index contributed by atoms with van der Waals surface area (Å²) in [6.45, 7) is 69.5. The second-order valence-corrected chi connectivity index (χ2v) is 37.8. The van der Waals surface area contributed by atoms with E-state index in [4.69, 9.17) is 9.47 Å². The number of ether oxygens (including phenoxy) is 2. The van der Waals surface area contributed by atoms with E-state index in [-0.39, 0.29) is 0 Å². The van der Waals surface area contributed by atoms with Gasteiger partial charge in [0.2, 0.25) is 0 Å². The predicted octanol–water partition coefficient (Wildman–Crippen LogP) is 14.2. The van der Waals surface area contributed by atoms with Crippen LogP contribution < -0.4 is 5.32 Å². The van der Waals surface area contributed by atoms with Crippen molar-refractivity contribution in [1.29, 1.82) is 0 Å². The Bertz CT molecular complexity index is 1910. The van der Waals surface area contributed by atoms with Gasteiger partial charge in [0.05, 0.1) is 26.4 Å². The highest BCUT2D eigenvalue weighted by Crippen LogP contribution is 2.53. The zero-order chi connectivity index (χ0) is 60.8.